The van der Waals surface area contributed by atoms with Gasteiger partial charge in [-0.25, -0.2) is 9.80 Å². The van der Waals surface area contributed by atoms with Gasteiger partial charge in [0.1, 0.15) is 12.2 Å². The van der Waals surface area contributed by atoms with Crippen LogP contribution in [0.15, 0.2) is 48.5 Å². The largest absolute Gasteiger partial charge is 0.334 e. The van der Waals surface area contributed by atoms with Gasteiger partial charge in [-0.15, -0.1) is 6.42 Å². The van der Waals surface area contributed by atoms with Crippen LogP contribution >= 0.6 is 23.2 Å². The van der Waals surface area contributed by atoms with E-state index in [-0.39, 0.29) is 43.9 Å². The van der Waals surface area contributed by atoms with E-state index in [1.807, 2.05) is 44.2 Å². The molecule has 2 aliphatic heterocycles. The number of terminal acetylenes is 1. The van der Waals surface area contributed by atoms with Gasteiger partial charge in [0.05, 0.1) is 19.6 Å². The summed E-state index contributed by atoms with van der Waals surface area (Å²) in [6.45, 7) is 4.52. The molecule has 2 saturated heterocycles. The van der Waals surface area contributed by atoms with E-state index in [9.17, 15) is 14.4 Å². The summed E-state index contributed by atoms with van der Waals surface area (Å²) in [6.07, 6.45) is 5.56. The minimum absolute atomic E-state index is 0.0692. The van der Waals surface area contributed by atoms with Gasteiger partial charge in [-0.05, 0) is 29.2 Å². The molecule has 2 aromatic carbocycles. The molecule has 4 amide bonds. The zero-order valence-corrected chi connectivity index (χ0v) is 23.0. The van der Waals surface area contributed by atoms with Gasteiger partial charge in [-0.1, -0.05) is 85.8 Å². The molecule has 0 spiro atoms. The first-order valence-corrected chi connectivity index (χ1v) is 13.3. The lowest BCUT2D eigenvalue weighted by Gasteiger charge is -2.55. The number of nitrogens with one attached hydrogen (secondary N) is 1. The molecule has 0 aliphatic carbocycles. The number of halogens is 2. The normalized spacial score (nSPS) is 20.7. The van der Waals surface area contributed by atoms with Gasteiger partial charge in [0, 0.05) is 23.1 Å². The average molecular weight is 556 g/mol. The fourth-order valence-electron chi connectivity index (χ4n) is 4.98. The number of hydrogen-bond acceptors (Lipinski definition) is 4. The Bertz CT molecular complexity index is 1230. The van der Waals surface area contributed by atoms with Crippen LogP contribution < -0.4 is 5.32 Å². The molecule has 2 heterocycles. The summed E-state index contributed by atoms with van der Waals surface area (Å²) < 4.78 is 0. The number of benzene rings is 2. The lowest BCUT2D eigenvalue weighted by Crippen LogP contribution is -2.77. The summed E-state index contributed by atoms with van der Waals surface area (Å²) in [4.78, 5) is 44.1. The van der Waals surface area contributed by atoms with Crippen molar-refractivity contribution in [1.82, 2.24) is 25.1 Å². The summed E-state index contributed by atoms with van der Waals surface area (Å²) in [6, 6.07) is 13.6. The van der Waals surface area contributed by atoms with Gasteiger partial charge in [-0.2, -0.15) is 5.01 Å². The van der Waals surface area contributed by atoms with Crippen molar-refractivity contribution in [2.45, 2.75) is 45.6 Å². The Morgan fingerprint density at radius 1 is 1.18 bits per heavy atom. The summed E-state index contributed by atoms with van der Waals surface area (Å²) >= 11 is 12.5. The third kappa shape index (κ3) is 5.75. The minimum Gasteiger partial charge on any atom is -0.333 e. The molecule has 1 N–H and O–H groups in total. The van der Waals surface area contributed by atoms with Crippen molar-refractivity contribution in [3.8, 4) is 12.3 Å². The second kappa shape index (κ2) is 12.1. The van der Waals surface area contributed by atoms with Crippen LogP contribution in [0.25, 0.3) is 0 Å². The number of urea groups is 1. The molecule has 3 atom stereocenters. The molecule has 200 valence electrons. The molecule has 2 aromatic rings. The summed E-state index contributed by atoms with van der Waals surface area (Å²) in [5.74, 6) is 2.01. The Hall–Kier alpha value is -3.25. The zero-order valence-electron chi connectivity index (χ0n) is 21.4. The highest BCUT2D eigenvalue weighted by Gasteiger charge is 2.52. The quantitative estimate of drug-likeness (QED) is 0.524. The molecule has 2 fully saturated rings. The molecule has 0 saturated carbocycles. The Morgan fingerprint density at radius 3 is 2.58 bits per heavy atom. The maximum absolute atomic E-state index is 13.8. The number of hydrogen-bond donors (Lipinski definition) is 1. The molecular weight excluding hydrogens is 525 g/mol. The monoisotopic (exact) mass is 555 g/mol. The number of carbonyl (C=O) groups is 3. The maximum atomic E-state index is 13.8. The molecule has 0 radical (unpaired) electrons. The number of rotatable bonds is 7. The van der Waals surface area contributed by atoms with Crippen molar-refractivity contribution in [3.05, 3.63) is 69.7 Å². The second-order valence-corrected chi connectivity index (χ2v) is 10.4. The van der Waals surface area contributed by atoms with Gasteiger partial charge in [0.2, 0.25) is 11.8 Å². The third-order valence-electron chi connectivity index (χ3n) is 7.09. The highest BCUT2D eigenvalue weighted by Crippen LogP contribution is 2.32. The zero-order chi connectivity index (χ0) is 27.4. The number of amides is 4. The number of hydrazine groups is 1. The van der Waals surface area contributed by atoms with Crippen LogP contribution in [0.3, 0.4) is 0 Å². The topological polar surface area (TPSA) is 76.2 Å². The fraction of sp³-hybridized carbons (Fsp3) is 0.393. The standard InChI is InChI=1S/C28H31Cl2N5O3/c1-4-13-33-18-25(36)34-24(35(33)28(38)31-15-20-9-7-6-8-10-20)17-32(27(37)26(34)19(3)5-2)16-21-11-12-22(29)14-23(21)30/h1,6-12,14,19,24,26H,5,13,15-18H2,2-3H3,(H,31,38)/t19?,24-,26-/m0/s1. The Kier molecular flexibility index (Phi) is 8.83. The van der Waals surface area contributed by atoms with Crippen LogP contribution in [0, 0.1) is 18.3 Å². The highest BCUT2D eigenvalue weighted by atomic mass is 35.5. The lowest BCUT2D eigenvalue weighted by atomic mass is 9.92. The molecular formula is C28H31Cl2N5O3. The van der Waals surface area contributed by atoms with Crippen LogP contribution in [0.4, 0.5) is 4.79 Å². The van der Waals surface area contributed by atoms with Crippen LogP contribution in [0.5, 0.6) is 0 Å². The molecule has 8 nitrogen and oxygen atoms in total. The van der Waals surface area contributed by atoms with E-state index in [1.54, 1.807) is 33.0 Å². The molecule has 2 aliphatic rings. The van der Waals surface area contributed by atoms with E-state index in [1.165, 1.54) is 5.01 Å². The van der Waals surface area contributed by atoms with Gasteiger partial charge in [-0.3, -0.25) is 9.59 Å². The average Bonchev–Trinajstić information content (AvgIpc) is 2.90. The van der Waals surface area contributed by atoms with E-state index in [4.69, 9.17) is 29.6 Å². The Labute approximate surface area is 233 Å². The van der Waals surface area contributed by atoms with Crippen LogP contribution in [0.1, 0.15) is 31.4 Å². The SMILES string of the molecule is C#CCN1CC(=O)N2[C@@H](C(C)CC)C(=O)N(Cc3ccc(Cl)cc3Cl)C[C@@H]2N1C(=O)NCc1ccccc1. The number of fused-ring (bicyclic) bond motifs is 1. The predicted molar refractivity (Wildman–Crippen MR) is 147 cm³/mol. The second-order valence-electron chi connectivity index (χ2n) is 9.58. The minimum atomic E-state index is -0.733. The molecule has 10 heteroatoms. The van der Waals surface area contributed by atoms with Gasteiger partial charge in [0.15, 0.2) is 0 Å². The Balaban J connectivity index is 1.69. The van der Waals surface area contributed by atoms with Gasteiger partial charge >= 0.3 is 6.03 Å². The summed E-state index contributed by atoms with van der Waals surface area (Å²) in [5, 5.41) is 6.97. The van der Waals surface area contributed by atoms with Crippen molar-refractivity contribution in [2.75, 3.05) is 19.6 Å². The first-order chi connectivity index (χ1) is 18.2. The molecule has 38 heavy (non-hydrogen) atoms. The van der Waals surface area contributed by atoms with E-state index in [0.717, 1.165) is 11.1 Å². The summed E-state index contributed by atoms with van der Waals surface area (Å²) in [5.41, 5.74) is 1.66. The lowest BCUT2D eigenvalue weighted by molar-refractivity contribution is -0.192. The smallest absolute Gasteiger partial charge is 0.333 e. The van der Waals surface area contributed by atoms with Crippen molar-refractivity contribution in [2.24, 2.45) is 5.92 Å². The van der Waals surface area contributed by atoms with Gasteiger partial charge in [0.25, 0.3) is 0 Å². The van der Waals surface area contributed by atoms with Crippen molar-refractivity contribution >= 4 is 41.0 Å². The van der Waals surface area contributed by atoms with E-state index < -0.39 is 18.2 Å². The first-order valence-electron chi connectivity index (χ1n) is 12.6. The molecule has 4 rings (SSSR count). The maximum Gasteiger partial charge on any atom is 0.334 e. The number of carbonyl (C=O) groups excluding carboxylic acids is 3. The van der Waals surface area contributed by atoms with Crippen molar-refractivity contribution < 1.29 is 14.4 Å². The van der Waals surface area contributed by atoms with Crippen molar-refractivity contribution in [1.29, 1.82) is 0 Å². The van der Waals surface area contributed by atoms with E-state index in [2.05, 4.69) is 11.2 Å². The fourth-order valence-corrected chi connectivity index (χ4v) is 5.45. The van der Waals surface area contributed by atoms with Crippen LogP contribution in [-0.4, -0.2) is 69.5 Å². The van der Waals surface area contributed by atoms with E-state index >= 15 is 0 Å². The predicted octanol–water partition coefficient (Wildman–Crippen LogP) is 3.98. The summed E-state index contributed by atoms with van der Waals surface area (Å²) in [7, 11) is 0. The molecule has 0 aromatic heterocycles. The number of nitrogens with zero attached hydrogens (tertiary/aromatic N) is 4. The van der Waals surface area contributed by atoms with E-state index in [0.29, 0.717) is 23.0 Å². The van der Waals surface area contributed by atoms with Crippen molar-refractivity contribution in [3.63, 3.8) is 0 Å². The van der Waals surface area contributed by atoms with Crippen LogP contribution in [0.2, 0.25) is 10.0 Å². The Morgan fingerprint density at radius 2 is 1.92 bits per heavy atom. The highest BCUT2D eigenvalue weighted by molar-refractivity contribution is 6.35. The molecule has 1 unspecified atom stereocenters. The van der Waals surface area contributed by atoms with Gasteiger partial charge < -0.3 is 15.1 Å². The van der Waals surface area contributed by atoms with Crippen LogP contribution in [-0.2, 0) is 22.7 Å². The first kappa shape index (κ1) is 27.8. The third-order valence-corrected chi connectivity index (χ3v) is 7.68. The number of piperazine rings is 1. The molecule has 0 bridgehead atoms.